The molecule has 0 spiro atoms. The lowest BCUT2D eigenvalue weighted by molar-refractivity contribution is 0.0950. The second-order valence-corrected chi connectivity index (χ2v) is 5.53. The number of halogens is 1. The molecule has 0 saturated heterocycles. The third-order valence-electron chi connectivity index (χ3n) is 3.01. The minimum Gasteiger partial charge on any atom is -0.346 e. The number of benzene rings is 1. The largest absolute Gasteiger partial charge is 0.346 e. The Morgan fingerprint density at radius 1 is 1.47 bits per heavy atom. The third-order valence-corrected chi connectivity index (χ3v) is 4.07. The van der Waals surface area contributed by atoms with Crippen LogP contribution in [0, 0.1) is 5.82 Å². The molecule has 5 heteroatoms. The van der Waals surface area contributed by atoms with Gasteiger partial charge in [-0.3, -0.25) is 4.79 Å². The van der Waals surface area contributed by atoms with Crippen molar-refractivity contribution in [1.82, 2.24) is 10.3 Å². The predicted octanol–water partition coefficient (Wildman–Crippen LogP) is 3.09. The van der Waals surface area contributed by atoms with E-state index in [1.54, 1.807) is 17.4 Å². The highest BCUT2D eigenvalue weighted by molar-refractivity contribution is 7.09. The van der Waals surface area contributed by atoms with Gasteiger partial charge in [0.1, 0.15) is 5.82 Å². The van der Waals surface area contributed by atoms with Gasteiger partial charge in [-0.1, -0.05) is 6.07 Å². The Kier molecular flexibility index (Phi) is 3.29. The summed E-state index contributed by atoms with van der Waals surface area (Å²) in [6, 6.07) is 5.67. The quantitative estimate of drug-likeness (QED) is 0.932. The van der Waals surface area contributed by atoms with Crippen molar-refractivity contribution in [3.63, 3.8) is 0 Å². The van der Waals surface area contributed by atoms with Gasteiger partial charge >= 0.3 is 0 Å². The topological polar surface area (TPSA) is 42.0 Å². The zero-order valence-electron chi connectivity index (χ0n) is 10.2. The zero-order chi connectivity index (χ0) is 13.2. The number of nitrogens with one attached hydrogen (secondary N) is 1. The SMILES string of the molecule is O=C(NCc1csc(C2CC2)n1)c1cccc(F)c1. The van der Waals surface area contributed by atoms with Gasteiger partial charge in [-0.05, 0) is 31.0 Å². The lowest BCUT2D eigenvalue weighted by atomic mass is 10.2. The summed E-state index contributed by atoms with van der Waals surface area (Å²) in [5.74, 6) is -0.0459. The predicted molar refractivity (Wildman–Crippen MR) is 71.7 cm³/mol. The molecule has 19 heavy (non-hydrogen) atoms. The van der Waals surface area contributed by atoms with Crippen LogP contribution in [-0.2, 0) is 6.54 Å². The van der Waals surface area contributed by atoms with Crippen LogP contribution in [-0.4, -0.2) is 10.9 Å². The number of rotatable bonds is 4. The highest BCUT2D eigenvalue weighted by atomic mass is 32.1. The number of hydrogen-bond donors (Lipinski definition) is 1. The highest BCUT2D eigenvalue weighted by Gasteiger charge is 2.26. The van der Waals surface area contributed by atoms with Crippen molar-refractivity contribution in [2.24, 2.45) is 0 Å². The molecule has 2 aromatic rings. The van der Waals surface area contributed by atoms with Crippen molar-refractivity contribution in [3.8, 4) is 0 Å². The van der Waals surface area contributed by atoms with Crippen LogP contribution in [0.25, 0.3) is 0 Å². The summed E-state index contributed by atoms with van der Waals surface area (Å²) in [5, 5.41) is 5.89. The van der Waals surface area contributed by atoms with Gasteiger partial charge in [0.2, 0.25) is 0 Å². The summed E-state index contributed by atoms with van der Waals surface area (Å²) >= 11 is 1.65. The first-order valence-corrected chi connectivity index (χ1v) is 7.08. The van der Waals surface area contributed by atoms with E-state index in [0.29, 0.717) is 18.0 Å². The lowest BCUT2D eigenvalue weighted by Crippen LogP contribution is -2.23. The molecule has 1 aromatic carbocycles. The number of hydrogen-bond acceptors (Lipinski definition) is 3. The number of nitrogens with zero attached hydrogens (tertiary/aromatic N) is 1. The van der Waals surface area contributed by atoms with Crippen LogP contribution in [0.2, 0.25) is 0 Å². The summed E-state index contributed by atoms with van der Waals surface area (Å²) in [4.78, 5) is 16.3. The van der Waals surface area contributed by atoms with Crippen LogP contribution in [0.3, 0.4) is 0 Å². The van der Waals surface area contributed by atoms with Crippen LogP contribution in [0.5, 0.6) is 0 Å². The molecular formula is C14H13FN2OS. The number of aromatic nitrogens is 1. The number of thiazole rings is 1. The van der Waals surface area contributed by atoms with E-state index in [9.17, 15) is 9.18 Å². The molecule has 0 radical (unpaired) electrons. The minimum atomic E-state index is -0.405. The summed E-state index contributed by atoms with van der Waals surface area (Å²) in [6.45, 7) is 0.387. The van der Waals surface area contributed by atoms with Crippen molar-refractivity contribution in [2.45, 2.75) is 25.3 Å². The van der Waals surface area contributed by atoms with E-state index in [0.717, 1.165) is 10.7 Å². The molecule has 1 fully saturated rings. The Labute approximate surface area is 114 Å². The highest BCUT2D eigenvalue weighted by Crippen LogP contribution is 2.41. The van der Waals surface area contributed by atoms with Crippen molar-refractivity contribution >= 4 is 17.2 Å². The van der Waals surface area contributed by atoms with Crippen LogP contribution in [0.4, 0.5) is 4.39 Å². The van der Waals surface area contributed by atoms with Gasteiger partial charge in [0.05, 0.1) is 17.2 Å². The van der Waals surface area contributed by atoms with Gasteiger partial charge in [-0.15, -0.1) is 11.3 Å². The smallest absolute Gasteiger partial charge is 0.251 e. The van der Waals surface area contributed by atoms with E-state index in [1.165, 1.54) is 31.0 Å². The molecule has 1 N–H and O–H groups in total. The standard InChI is InChI=1S/C14H13FN2OS/c15-11-3-1-2-10(6-11)13(18)16-7-12-8-19-14(17-12)9-4-5-9/h1-3,6,8-9H,4-5,7H2,(H,16,18). The lowest BCUT2D eigenvalue weighted by Gasteiger charge is -2.03. The van der Waals surface area contributed by atoms with Crippen molar-refractivity contribution in [1.29, 1.82) is 0 Å². The second-order valence-electron chi connectivity index (χ2n) is 4.64. The maximum absolute atomic E-state index is 13.0. The van der Waals surface area contributed by atoms with Gasteiger partial charge in [0.25, 0.3) is 5.91 Å². The first-order valence-electron chi connectivity index (χ1n) is 6.20. The monoisotopic (exact) mass is 276 g/mol. The number of carbonyl (C=O) groups is 1. The van der Waals surface area contributed by atoms with Crippen LogP contribution in [0.15, 0.2) is 29.6 Å². The molecule has 3 nitrogen and oxygen atoms in total. The second kappa shape index (κ2) is 5.09. The average Bonchev–Trinajstić information content (AvgIpc) is 3.15. The molecule has 1 aliphatic carbocycles. The van der Waals surface area contributed by atoms with Crippen LogP contribution < -0.4 is 5.32 Å². The molecule has 98 valence electrons. The fourth-order valence-corrected chi connectivity index (χ4v) is 2.82. The third kappa shape index (κ3) is 2.98. The van der Waals surface area contributed by atoms with E-state index in [-0.39, 0.29) is 5.91 Å². The van der Waals surface area contributed by atoms with Crippen LogP contribution in [0.1, 0.15) is 39.8 Å². The van der Waals surface area contributed by atoms with E-state index in [4.69, 9.17) is 0 Å². The molecule has 3 rings (SSSR count). The molecule has 1 aliphatic rings. The van der Waals surface area contributed by atoms with E-state index < -0.39 is 5.82 Å². The maximum atomic E-state index is 13.0. The van der Waals surface area contributed by atoms with Crippen molar-refractivity contribution < 1.29 is 9.18 Å². The first-order chi connectivity index (χ1) is 9.22. The maximum Gasteiger partial charge on any atom is 0.251 e. The van der Waals surface area contributed by atoms with Gasteiger partial charge in [0, 0.05) is 16.9 Å². The zero-order valence-corrected chi connectivity index (χ0v) is 11.0. The summed E-state index contributed by atoms with van der Waals surface area (Å²) in [6.07, 6.45) is 2.45. The first kappa shape index (κ1) is 12.3. The molecule has 1 amide bonds. The number of carbonyl (C=O) groups excluding carboxylic acids is 1. The Hall–Kier alpha value is -1.75. The van der Waals surface area contributed by atoms with E-state index >= 15 is 0 Å². The van der Waals surface area contributed by atoms with Gasteiger partial charge in [0.15, 0.2) is 0 Å². The Morgan fingerprint density at radius 2 is 2.32 bits per heavy atom. The van der Waals surface area contributed by atoms with Gasteiger partial charge in [-0.2, -0.15) is 0 Å². The molecule has 1 saturated carbocycles. The Bertz CT molecular complexity index is 607. The van der Waals surface area contributed by atoms with Crippen LogP contribution >= 0.6 is 11.3 Å². The molecule has 1 aromatic heterocycles. The average molecular weight is 276 g/mol. The summed E-state index contributed by atoms with van der Waals surface area (Å²) in [7, 11) is 0. The Balaban J connectivity index is 1.60. The molecule has 0 unspecified atom stereocenters. The summed E-state index contributed by atoms with van der Waals surface area (Å²) < 4.78 is 13.0. The van der Waals surface area contributed by atoms with Crippen molar-refractivity contribution in [2.75, 3.05) is 0 Å². The normalized spacial score (nSPS) is 14.4. The molecule has 1 heterocycles. The fourth-order valence-electron chi connectivity index (χ4n) is 1.82. The van der Waals surface area contributed by atoms with E-state index in [1.807, 2.05) is 5.38 Å². The van der Waals surface area contributed by atoms with Gasteiger partial charge in [-0.25, -0.2) is 9.37 Å². The molecule has 0 bridgehead atoms. The minimum absolute atomic E-state index is 0.277. The Morgan fingerprint density at radius 3 is 3.05 bits per heavy atom. The molecule has 0 atom stereocenters. The molecule has 0 aliphatic heterocycles. The van der Waals surface area contributed by atoms with Crippen molar-refractivity contribution in [3.05, 3.63) is 51.7 Å². The summed E-state index contributed by atoms with van der Waals surface area (Å²) in [5.41, 5.74) is 1.20. The number of amides is 1. The molecular weight excluding hydrogens is 263 g/mol. The van der Waals surface area contributed by atoms with E-state index in [2.05, 4.69) is 10.3 Å². The van der Waals surface area contributed by atoms with Gasteiger partial charge < -0.3 is 5.32 Å². The fraction of sp³-hybridized carbons (Fsp3) is 0.286.